The number of aryl methyl sites for hydroxylation is 2. The van der Waals surface area contributed by atoms with Crippen LogP contribution in [-0.4, -0.2) is 35.1 Å². The lowest BCUT2D eigenvalue weighted by Gasteiger charge is -2.13. The van der Waals surface area contributed by atoms with Crippen molar-refractivity contribution in [3.05, 3.63) is 12.0 Å². The predicted octanol–water partition coefficient (Wildman–Crippen LogP) is 0.743. The molecule has 0 fully saturated rings. The monoisotopic (exact) mass is 289 g/mol. The van der Waals surface area contributed by atoms with Crippen molar-refractivity contribution >= 4 is 16.0 Å². The summed E-state index contributed by atoms with van der Waals surface area (Å²) in [5.74, 6) is -0.432. The van der Waals surface area contributed by atoms with Crippen LogP contribution in [0.3, 0.4) is 0 Å². The van der Waals surface area contributed by atoms with Crippen LogP contribution < -0.4 is 4.72 Å². The van der Waals surface area contributed by atoms with Crippen molar-refractivity contribution in [1.29, 1.82) is 0 Å². The third kappa shape index (κ3) is 4.03. The number of nitrogens with one attached hydrogen (secondary N) is 1. The summed E-state index contributed by atoms with van der Waals surface area (Å²) < 4.78 is 28.3. The highest BCUT2D eigenvalue weighted by Gasteiger charge is 2.23. The van der Waals surface area contributed by atoms with Crippen molar-refractivity contribution in [2.75, 3.05) is 0 Å². The fourth-order valence-corrected chi connectivity index (χ4v) is 3.02. The highest BCUT2D eigenvalue weighted by molar-refractivity contribution is 7.89. The molecular weight excluding hydrogens is 270 g/mol. The topological polar surface area (TPSA) is 101 Å². The molecule has 108 valence electrons. The summed E-state index contributed by atoms with van der Waals surface area (Å²) in [4.78, 5) is 14.6. The van der Waals surface area contributed by atoms with Gasteiger partial charge in [0.1, 0.15) is 5.82 Å². The second-order valence-electron chi connectivity index (χ2n) is 4.24. The van der Waals surface area contributed by atoms with Crippen molar-refractivity contribution in [2.24, 2.45) is 0 Å². The molecule has 1 rings (SSSR count). The number of nitrogens with zero attached hydrogens (tertiary/aromatic N) is 2. The van der Waals surface area contributed by atoms with E-state index in [-0.39, 0.29) is 11.4 Å². The maximum absolute atomic E-state index is 12.1. The van der Waals surface area contributed by atoms with Crippen LogP contribution in [0.25, 0.3) is 0 Å². The third-order valence-corrected chi connectivity index (χ3v) is 4.20. The number of hydrogen-bond donors (Lipinski definition) is 2. The Kier molecular flexibility index (Phi) is 5.07. The van der Waals surface area contributed by atoms with Crippen LogP contribution in [0.5, 0.6) is 0 Å². The lowest BCUT2D eigenvalue weighted by molar-refractivity contribution is -0.137. The molecule has 1 unspecified atom stereocenters. The smallest absolute Gasteiger partial charge is 0.304 e. The van der Waals surface area contributed by atoms with E-state index in [1.54, 1.807) is 18.4 Å². The van der Waals surface area contributed by atoms with Gasteiger partial charge in [0.2, 0.25) is 0 Å². The summed E-state index contributed by atoms with van der Waals surface area (Å²) >= 11 is 0. The zero-order chi connectivity index (χ0) is 14.6. The largest absolute Gasteiger partial charge is 0.481 e. The zero-order valence-corrected chi connectivity index (χ0v) is 12.1. The van der Waals surface area contributed by atoms with Crippen molar-refractivity contribution in [1.82, 2.24) is 14.3 Å². The predicted molar refractivity (Wildman–Crippen MR) is 69.3 cm³/mol. The van der Waals surface area contributed by atoms with Gasteiger partial charge in [-0.05, 0) is 20.3 Å². The van der Waals surface area contributed by atoms with E-state index in [9.17, 15) is 13.2 Å². The molecule has 1 aromatic rings. The molecule has 0 aromatic carbocycles. The average molecular weight is 289 g/mol. The molecule has 7 nitrogen and oxygen atoms in total. The number of sulfonamides is 1. The average Bonchev–Trinajstić information content (AvgIpc) is 2.69. The van der Waals surface area contributed by atoms with E-state index >= 15 is 0 Å². The van der Waals surface area contributed by atoms with Crippen LogP contribution in [-0.2, 0) is 21.4 Å². The first kappa shape index (κ1) is 15.6. The number of aromatic nitrogens is 2. The van der Waals surface area contributed by atoms with E-state index < -0.39 is 22.0 Å². The van der Waals surface area contributed by atoms with Crippen molar-refractivity contribution < 1.29 is 18.3 Å². The SMILES string of the molecule is CCC(CC(=O)O)NS(=O)(=O)c1cn(CC)c(C)n1. The van der Waals surface area contributed by atoms with Gasteiger partial charge in [0.05, 0.1) is 6.42 Å². The van der Waals surface area contributed by atoms with Gasteiger partial charge in [-0.1, -0.05) is 6.92 Å². The summed E-state index contributed by atoms with van der Waals surface area (Å²) in [6.07, 6.45) is 1.60. The fourth-order valence-electron chi connectivity index (χ4n) is 1.69. The summed E-state index contributed by atoms with van der Waals surface area (Å²) in [5.41, 5.74) is 0. The van der Waals surface area contributed by atoms with Gasteiger partial charge in [-0.15, -0.1) is 0 Å². The second kappa shape index (κ2) is 6.16. The molecule has 0 aliphatic heterocycles. The maximum Gasteiger partial charge on any atom is 0.304 e. The van der Waals surface area contributed by atoms with Gasteiger partial charge in [-0.3, -0.25) is 4.79 Å². The normalized spacial score (nSPS) is 13.4. The highest BCUT2D eigenvalue weighted by atomic mass is 32.2. The van der Waals surface area contributed by atoms with Crippen LogP contribution in [0.1, 0.15) is 32.5 Å². The minimum atomic E-state index is -3.77. The van der Waals surface area contributed by atoms with E-state index in [2.05, 4.69) is 9.71 Å². The van der Waals surface area contributed by atoms with Crippen molar-refractivity contribution in [3.63, 3.8) is 0 Å². The van der Waals surface area contributed by atoms with Gasteiger partial charge in [0.15, 0.2) is 5.03 Å². The Morgan fingerprint density at radius 3 is 2.58 bits per heavy atom. The molecule has 0 amide bonds. The number of carboxylic acid groups (broad SMARTS) is 1. The number of rotatable bonds is 7. The summed E-state index contributed by atoms with van der Waals surface area (Å²) in [5, 5.41) is 8.64. The Morgan fingerprint density at radius 2 is 2.16 bits per heavy atom. The summed E-state index contributed by atoms with van der Waals surface area (Å²) in [6.45, 7) is 5.96. The molecule has 1 heterocycles. The molecule has 0 saturated heterocycles. The van der Waals surface area contributed by atoms with Crippen LogP contribution in [0, 0.1) is 6.92 Å². The van der Waals surface area contributed by atoms with E-state index in [1.165, 1.54) is 6.20 Å². The van der Waals surface area contributed by atoms with E-state index in [0.29, 0.717) is 18.8 Å². The first-order valence-electron chi connectivity index (χ1n) is 6.08. The molecule has 0 spiro atoms. The first-order valence-corrected chi connectivity index (χ1v) is 7.56. The van der Waals surface area contributed by atoms with Gasteiger partial charge < -0.3 is 9.67 Å². The molecule has 0 radical (unpaired) electrons. The molecular formula is C11H19N3O4S. The number of hydrogen-bond acceptors (Lipinski definition) is 4. The quantitative estimate of drug-likeness (QED) is 0.771. The maximum atomic E-state index is 12.1. The number of imidazole rings is 1. The standard InChI is InChI=1S/C11H19N3O4S/c1-4-9(6-11(15)16)13-19(17,18)10-7-14(5-2)8(3)12-10/h7,9,13H,4-6H2,1-3H3,(H,15,16). The Labute approximate surface area is 112 Å². The Morgan fingerprint density at radius 1 is 1.53 bits per heavy atom. The van der Waals surface area contributed by atoms with Crippen molar-refractivity contribution in [3.8, 4) is 0 Å². The van der Waals surface area contributed by atoms with Gasteiger partial charge >= 0.3 is 5.97 Å². The minimum Gasteiger partial charge on any atom is -0.481 e. The molecule has 0 bridgehead atoms. The van der Waals surface area contributed by atoms with Crippen LogP contribution >= 0.6 is 0 Å². The molecule has 8 heteroatoms. The Bertz CT molecular complexity index is 550. The lowest BCUT2D eigenvalue weighted by Crippen LogP contribution is -2.36. The third-order valence-electron chi connectivity index (χ3n) is 2.81. The van der Waals surface area contributed by atoms with Gasteiger partial charge in [0, 0.05) is 18.8 Å². The van der Waals surface area contributed by atoms with Gasteiger partial charge in [-0.2, -0.15) is 0 Å². The van der Waals surface area contributed by atoms with Gasteiger partial charge in [-0.25, -0.2) is 18.1 Å². The van der Waals surface area contributed by atoms with E-state index in [4.69, 9.17) is 5.11 Å². The van der Waals surface area contributed by atoms with E-state index in [0.717, 1.165) is 0 Å². The molecule has 1 aromatic heterocycles. The van der Waals surface area contributed by atoms with Crippen LogP contribution in [0.15, 0.2) is 11.2 Å². The van der Waals surface area contributed by atoms with Crippen molar-refractivity contribution in [2.45, 2.75) is 51.2 Å². The molecule has 0 aliphatic carbocycles. The molecule has 1 atom stereocenters. The zero-order valence-electron chi connectivity index (χ0n) is 11.3. The lowest BCUT2D eigenvalue weighted by atomic mass is 10.2. The molecule has 0 saturated carbocycles. The number of aliphatic carboxylic acids is 1. The van der Waals surface area contributed by atoms with Gasteiger partial charge in [0.25, 0.3) is 10.0 Å². The molecule has 0 aliphatic rings. The second-order valence-corrected chi connectivity index (χ2v) is 5.90. The molecule has 19 heavy (non-hydrogen) atoms. The minimum absolute atomic E-state index is 0.0734. The number of carbonyl (C=O) groups is 1. The highest BCUT2D eigenvalue weighted by Crippen LogP contribution is 2.11. The Hall–Kier alpha value is -1.41. The summed E-state index contributed by atoms with van der Waals surface area (Å²) in [7, 11) is -3.77. The fraction of sp³-hybridized carbons (Fsp3) is 0.636. The molecule has 2 N–H and O–H groups in total. The van der Waals surface area contributed by atoms with Crippen LogP contribution in [0.2, 0.25) is 0 Å². The van der Waals surface area contributed by atoms with E-state index in [1.807, 2.05) is 6.92 Å². The Balaban J connectivity index is 2.93. The van der Waals surface area contributed by atoms with Crippen LogP contribution in [0.4, 0.5) is 0 Å². The first-order chi connectivity index (χ1) is 8.80. The number of carboxylic acids is 1. The summed E-state index contributed by atoms with van der Waals surface area (Å²) in [6, 6.07) is -0.630.